The van der Waals surface area contributed by atoms with Crippen molar-refractivity contribution in [3.8, 4) is 0 Å². The molecule has 8 heavy (non-hydrogen) atoms. The van der Waals surface area contributed by atoms with Gasteiger partial charge in [-0.15, -0.1) is 0 Å². The van der Waals surface area contributed by atoms with Gasteiger partial charge in [0.15, 0.2) is 0 Å². The number of carbonyl (C=O) groups is 1. The van der Waals surface area contributed by atoms with Crippen LogP contribution in [0.3, 0.4) is 0 Å². The van der Waals surface area contributed by atoms with E-state index in [2.05, 4.69) is 5.32 Å². The molecule has 0 heterocycles. The summed E-state index contributed by atoms with van der Waals surface area (Å²) in [6, 6.07) is 0. The maximum absolute atomic E-state index is 10.2. The van der Waals surface area contributed by atoms with E-state index in [1.807, 2.05) is 13.8 Å². The van der Waals surface area contributed by atoms with E-state index in [0.717, 1.165) is 0 Å². The summed E-state index contributed by atoms with van der Waals surface area (Å²) < 4.78 is 0. The average molecular weight is 114 g/mol. The Hall–Kier alpha value is -0.530. The Balaban J connectivity index is 3.05. The number of nitrogens with zero attached hydrogens (tertiary/aromatic N) is 1. The number of hydrogen-bond acceptors (Lipinski definition) is 1. The van der Waals surface area contributed by atoms with Gasteiger partial charge in [0.1, 0.15) is 0 Å². The van der Waals surface area contributed by atoms with Crippen molar-refractivity contribution in [1.82, 2.24) is 5.32 Å². The number of hydrogen-bond donors (Lipinski definition) is 0. The molecule has 0 saturated heterocycles. The van der Waals surface area contributed by atoms with Crippen LogP contribution in [0.2, 0.25) is 0 Å². The van der Waals surface area contributed by atoms with E-state index in [4.69, 9.17) is 0 Å². The van der Waals surface area contributed by atoms with Crippen molar-refractivity contribution in [2.75, 3.05) is 6.54 Å². The summed E-state index contributed by atoms with van der Waals surface area (Å²) in [6.45, 7) is 6.20. The maximum Gasteiger partial charge on any atom is 0.238 e. The molecule has 0 saturated carbocycles. The van der Waals surface area contributed by atoms with Crippen LogP contribution in [0, 0.1) is 5.92 Å². The first-order valence-electron chi connectivity index (χ1n) is 2.81. The van der Waals surface area contributed by atoms with Gasteiger partial charge in [0.25, 0.3) is 0 Å². The van der Waals surface area contributed by atoms with Crippen molar-refractivity contribution in [2.24, 2.45) is 5.92 Å². The molecule has 47 valence electrons. The summed E-state index contributed by atoms with van der Waals surface area (Å²) in [5.41, 5.74) is 0. The molecule has 0 aromatic rings. The van der Waals surface area contributed by atoms with Crippen molar-refractivity contribution in [3.05, 3.63) is 0 Å². The Kier molecular flexibility index (Phi) is 3.24. The Morgan fingerprint density at radius 1 is 1.62 bits per heavy atom. The zero-order valence-electron chi connectivity index (χ0n) is 5.64. The highest BCUT2D eigenvalue weighted by molar-refractivity contribution is 5.72. The van der Waals surface area contributed by atoms with Gasteiger partial charge in [0, 0.05) is 13.5 Å². The zero-order valence-corrected chi connectivity index (χ0v) is 5.64. The Morgan fingerprint density at radius 3 is 2.25 bits per heavy atom. The molecule has 1 radical (unpaired) electrons. The van der Waals surface area contributed by atoms with Gasteiger partial charge >= 0.3 is 0 Å². The van der Waals surface area contributed by atoms with Gasteiger partial charge in [-0.2, -0.15) is 0 Å². The van der Waals surface area contributed by atoms with Crippen molar-refractivity contribution in [3.63, 3.8) is 0 Å². The Bertz CT molecular complexity index is 78.6. The molecule has 0 aliphatic rings. The fourth-order valence-corrected chi connectivity index (χ4v) is 0.311. The van der Waals surface area contributed by atoms with Gasteiger partial charge in [-0.25, -0.2) is 0 Å². The van der Waals surface area contributed by atoms with Crippen LogP contribution in [0.4, 0.5) is 0 Å². The van der Waals surface area contributed by atoms with E-state index >= 15 is 0 Å². The van der Waals surface area contributed by atoms with Crippen molar-refractivity contribution in [2.45, 2.75) is 20.8 Å². The highest BCUT2D eigenvalue weighted by atomic mass is 16.1. The van der Waals surface area contributed by atoms with Gasteiger partial charge in [0.2, 0.25) is 5.91 Å². The predicted octanol–water partition coefficient (Wildman–Crippen LogP) is 0.793. The first kappa shape index (κ1) is 7.47. The fraction of sp³-hybridized carbons (Fsp3) is 0.833. The van der Waals surface area contributed by atoms with E-state index in [9.17, 15) is 4.79 Å². The van der Waals surface area contributed by atoms with Gasteiger partial charge < -0.3 is 0 Å². The van der Waals surface area contributed by atoms with E-state index < -0.39 is 0 Å². The van der Waals surface area contributed by atoms with E-state index in [1.54, 1.807) is 0 Å². The molecule has 0 fully saturated rings. The lowest BCUT2D eigenvalue weighted by Gasteiger charge is -1.99. The third-order valence-corrected chi connectivity index (χ3v) is 0.679. The quantitative estimate of drug-likeness (QED) is 0.522. The molecule has 1 amide bonds. The SMILES string of the molecule is CC(=O)[N]CC(C)C. The van der Waals surface area contributed by atoms with Gasteiger partial charge in [-0.3, -0.25) is 10.1 Å². The normalized spacial score (nSPS) is 9.50. The minimum Gasteiger partial charge on any atom is -0.273 e. The Morgan fingerprint density at radius 2 is 2.12 bits per heavy atom. The summed E-state index contributed by atoms with van der Waals surface area (Å²) in [5.74, 6) is 0.428. The van der Waals surface area contributed by atoms with Gasteiger partial charge in [0.05, 0.1) is 0 Å². The zero-order chi connectivity index (χ0) is 6.57. The average Bonchev–Trinajstić information content (AvgIpc) is 1.61. The monoisotopic (exact) mass is 114 g/mol. The van der Waals surface area contributed by atoms with Crippen LogP contribution in [0.5, 0.6) is 0 Å². The third kappa shape index (κ3) is 5.47. The molecule has 0 bridgehead atoms. The lowest BCUT2D eigenvalue weighted by atomic mass is 10.2. The summed E-state index contributed by atoms with van der Waals surface area (Å²) in [7, 11) is 0. The summed E-state index contributed by atoms with van der Waals surface area (Å²) in [5, 5.41) is 3.69. The predicted molar refractivity (Wildman–Crippen MR) is 32.5 cm³/mol. The van der Waals surface area contributed by atoms with E-state index in [-0.39, 0.29) is 5.91 Å². The number of carbonyl (C=O) groups excluding carboxylic acids is 1. The highest BCUT2D eigenvalue weighted by Gasteiger charge is 1.95. The third-order valence-electron chi connectivity index (χ3n) is 0.679. The molecule has 0 atom stereocenters. The first-order chi connectivity index (χ1) is 3.63. The molecule has 0 N–H and O–H groups in total. The molecule has 0 aromatic carbocycles. The Labute approximate surface area is 50.3 Å². The molecule has 0 aliphatic carbocycles. The van der Waals surface area contributed by atoms with Gasteiger partial charge in [-0.1, -0.05) is 13.8 Å². The van der Waals surface area contributed by atoms with Crippen LogP contribution in [-0.2, 0) is 4.79 Å². The molecular formula is C6H12NO. The van der Waals surface area contributed by atoms with Crippen LogP contribution in [-0.4, -0.2) is 12.5 Å². The van der Waals surface area contributed by atoms with Crippen LogP contribution >= 0.6 is 0 Å². The molecule has 0 rings (SSSR count). The van der Waals surface area contributed by atoms with E-state index in [1.165, 1.54) is 6.92 Å². The maximum atomic E-state index is 10.2. The molecule has 2 heteroatoms. The van der Waals surface area contributed by atoms with Crippen LogP contribution in [0.25, 0.3) is 0 Å². The summed E-state index contributed by atoms with van der Waals surface area (Å²) in [6.07, 6.45) is 0. The lowest BCUT2D eigenvalue weighted by Crippen LogP contribution is -2.16. The minimum absolute atomic E-state index is 0.0706. The second-order valence-corrected chi connectivity index (χ2v) is 2.25. The van der Waals surface area contributed by atoms with Gasteiger partial charge in [-0.05, 0) is 5.92 Å². The topological polar surface area (TPSA) is 31.2 Å². The number of rotatable bonds is 2. The second kappa shape index (κ2) is 3.47. The molecule has 2 nitrogen and oxygen atoms in total. The lowest BCUT2D eigenvalue weighted by molar-refractivity contribution is -0.119. The highest BCUT2D eigenvalue weighted by Crippen LogP contribution is 1.87. The number of amides is 1. The van der Waals surface area contributed by atoms with Crippen LogP contribution < -0.4 is 5.32 Å². The minimum atomic E-state index is -0.0706. The largest absolute Gasteiger partial charge is 0.273 e. The van der Waals surface area contributed by atoms with E-state index in [0.29, 0.717) is 12.5 Å². The molecule has 0 spiro atoms. The van der Waals surface area contributed by atoms with Crippen molar-refractivity contribution < 1.29 is 4.79 Å². The molecule has 0 aliphatic heterocycles. The smallest absolute Gasteiger partial charge is 0.238 e. The molecule has 0 aromatic heterocycles. The summed E-state index contributed by atoms with van der Waals surface area (Å²) >= 11 is 0. The van der Waals surface area contributed by atoms with Crippen molar-refractivity contribution in [1.29, 1.82) is 0 Å². The van der Waals surface area contributed by atoms with Crippen molar-refractivity contribution >= 4 is 5.91 Å². The standard InChI is InChI=1S/C6H12NO/c1-5(2)4-7-6(3)8/h5H,4H2,1-3H3. The van der Waals surface area contributed by atoms with Crippen LogP contribution in [0.15, 0.2) is 0 Å². The second-order valence-electron chi connectivity index (χ2n) is 2.25. The molecular weight excluding hydrogens is 102 g/mol. The fourth-order valence-electron chi connectivity index (χ4n) is 0.311. The first-order valence-corrected chi connectivity index (χ1v) is 2.81. The van der Waals surface area contributed by atoms with Crippen LogP contribution in [0.1, 0.15) is 20.8 Å². The molecule has 0 unspecified atom stereocenters. The summed E-state index contributed by atoms with van der Waals surface area (Å²) in [4.78, 5) is 10.2.